The van der Waals surface area contributed by atoms with E-state index >= 15 is 0 Å². The summed E-state index contributed by atoms with van der Waals surface area (Å²) in [7, 11) is 0. The lowest BCUT2D eigenvalue weighted by Crippen LogP contribution is -1.91. The topological polar surface area (TPSA) is 49.9 Å². The summed E-state index contributed by atoms with van der Waals surface area (Å²) in [5, 5.41) is 20.3. The van der Waals surface area contributed by atoms with Gasteiger partial charge in [0.2, 0.25) is 5.88 Å². The Hall–Kier alpha value is -2.33. The van der Waals surface area contributed by atoms with Crippen molar-refractivity contribution in [1.29, 1.82) is 0 Å². The second-order valence-electron chi connectivity index (χ2n) is 5.09. The van der Waals surface area contributed by atoms with E-state index in [-0.39, 0.29) is 5.88 Å². The lowest BCUT2D eigenvalue weighted by molar-refractivity contribution is 0.427. The van der Waals surface area contributed by atoms with Crippen LogP contribution in [0.5, 0.6) is 5.88 Å². The highest BCUT2D eigenvalue weighted by molar-refractivity contribution is 6.32. The summed E-state index contributed by atoms with van der Waals surface area (Å²) in [5.41, 5.74) is 3.10. The summed E-state index contributed by atoms with van der Waals surface area (Å²) >= 11 is 6.08. The van der Waals surface area contributed by atoms with E-state index in [0.29, 0.717) is 22.9 Å². The number of halogens is 1. The van der Waals surface area contributed by atoms with Crippen LogP contribution >= 0.6 is 11.6 Å². The molecular weight excluding hydrogens is 298 g/mol. The number of nitrogens with zero attached hydrogens (tertiary/aromatic N) is 3. The van der Waals surface area contributed by atoms with Crippen molar-refractivity contribution in [2.45, 2.75) is 20.4 Å². The van der Waals surface area contributed by atoms with Crippen molar-refractivity contribution < 1.29 is 5.11 Å². The molecule has 1 heterocycles. The molecule has 5 heteroatoms. The predicted molar refractivity (Wildman–Crippen MR) is 89.6 cm³/mol. The van der Waals surface area contributed by atoms with Crippen LogP contribution in [0.3, 0.4) is 0 Å². The Morgan fingerprint density at radius 1 is 1.14 bits per heavy atom. The number of aromatic nitrogens is 1. The fraction of sp³-hybridized carbons (Fsp3) is 0.176. The highest BCUT2D eigenvalue weighted by atomic mass is 35.5. The highest BCUT2D eigenvalue weighted by Crippen LogP contribution is 2.40. The molecular formula is C17H16ClN3O. The first-order valence-electron chi connectivity index (χ1n) is 7.10. The molecule has 112 valence electrons. The van der Waals surface area contributed by atoms with Gasteiger partial charge < -0.3 is 9.67 Å². The van der Waals surface area contributed by atoms with Gasteiger partial charge in [-0.15, -0.1) is 10.2 Å². The van der Waals surface area contributed by atoms with Crippen LogP contribution < -0.4 is 0 Å². The number of aromatic hydroxyl groups is 1. The second-order valence-corrected chi connectivity index (χ2v) is 5.50. The second kappa shape index (κ2) is 5.81. The van der Waals surface area contributed by atoms with Crippen LogP contribution in [0.25, 0.3) is 10.9 Å². The molecule has 3 aromatic rings. The molecule has 0 saturated carbocycles. The Morgan fingerprint density at radius 3 is 2.64 bits per heavy atom. The van der Waals surface area contributed by atoms with E-state index in [1.54, 1.807) is 12.1 Å². The van der Waals surface area contributed by atoms with Crippen molar-refractivity contribution in [2.24, 2.45) is 10.2 Å². The summed E-state index contributed by atoms with van der Waals surface area (Å²) in [4.78, 5) is 0. The van der Waals surface area contributed by atoms with E-state index in [1.165, 1.54) is 0 Å². The minimum absolute atomic E-state index is 0.124. The zero-order valence-corrected chi connectivity index (χ0v) is 13.2. The smallest absolute Gasteiger partial charge is 0.220 e. The van der Waals surface area contributed by atoms with Gasteiger partial charge in [-0.05, 0) is 38.1 Å². The average Bonchev–Trinajstić information content (AvgIpc) is 2.77. The molecule has 0 atom stereocenters. The molecule has 0 saturated heterocycles. The Balaban J connectivity index is 2.16. The molecule has 0 aliphatic heterocycles. The van der Waals surface area contributed by atoms with Gasteiger partial charge in [-0.1, -0.05) is 35.4 Å². The minimum atomic E-state index is 0.124. The van der Waals surface area contributed by atoms with Gasteiger partial charge in [-0.25, -0.2) is 0 Å². The normalized spacial score (nSPS) is 11.6. The Morgan fingerprint density at radius 2 is 1.91 bits per heavy atom. The van der Waals surface area contributed by atoms with Crippen molar-refractivity contribution in [3.63, 3.8) is 0 Å². The Bertz CT molecular complexity index is 868. The fourth-order valence-electron chi connectivity index (χ4n) is 2.49. The average molecular weight is 314 g/mol. The molecule has 0 spiro atoms. The molecule has 0 unspecified atom stereocenters. The van der Waals surface area contributed by atoms with Crippen LogP contribution in [-0.2, 0) is 6.54 Å². The number of azo groups is 1. The molecule has 3 rings (SSSR count). The Kier molecular flexibility index (Phi) is 3.86. The lowest BCUT2D eigenvalue weighted by atomic mass is 10.1. The molecule has 0 aliphatic carbocycles. The zero-order chi connectivity index (χ0) is 15.7. The van der Waals surface area contributed by atoms with Crippen molar-refractivity contribution >= 4 is 33.9 Å². The van der Waals surface area contributed by atoms with Crippen LogP contribution in [0.15, 0.2) is 52.7 Å². The van der Waals surface area contributed by atoms with E-state index in [1.807, 2.05) is 48.7 Å². The third kappa shape index (κ3) is 2.46. The highest BCUT2D eigenvalue weighted by Gasteiger charge is 2.15. The SMILES string of the molecule is CCn1c(O)c(N=Nc2ccccc2Cl)c2cc(C)ccc21. The summed E-state index contributed by atoms with van der Waals surface area (Å²) in [6.07, 6.45) is 0. The summed E-state index contributed by atoms with van der Waals surface area (Å²) in [5.74, 6) is 0.124. The van der Waals surface area contributed by atoms with Gasteiger partial charge in [0.1, 0.15) is 5.69 Å². The number of fused-ring (bicyclic) bond motifs is 1. The van der Waals surface area contributed by atoms with Crippen LogP contribution in [0.2, 0.25) is 5.02 Å². The molecule has 1 N–H and O–H groups in total. The first kappa shape index (κ1) is 14.6. The number of aryl methyl sites for hydroxylation is 2. The third-order valence-corrected chi connectivity index (χ3v) is 3.91. The van der Waals surface area contributed by atoms with Crippen molar-refractivity contribution in [1.82, 2.24) is 4.57 Å². The van der Waals surface area contributed by atoms with Crippen molar-refractivity contribution in [3.8, 4) is 5.88 Å². The largest absolute Gasteiger partial charge is 0.493 e. The van der Waals surface area contributed by atoms with Crippen LogP contribution in [-0.4, -0.2) is 9.67 Å². The number of benzene rings is 2. The van der Waals surface area contributed by atoms with E-state index < -0.39 is 0 Å². The molecule has 4 nitrogen and oxygen atoms in total. The summed E-state index contributed by atoms with van der Waals surface area (Å²) in [6, 6.07) is 13.2. The number of hydrogen-bond donors (Lipinski definition) is 1. The maximum atomic E-state index is 10.4. The van der Waals surface area contributed by atoms with E-state index in [2.05, 4.69) is 10.2 Å². The van der Waals surface area contributed by atoms with Gasteiger partial charge in [-0.3, -0.25) is 0 Å². The number of rotatable bonds is 3. The maximum absolute atomic E-state index is 10.4. The van der Waals surface area contributed by atoms with E-state index in [4.69, 9.17) is 11.6 Å². The molecule has 0 radical (unpaired) electrons. The van der Waals surface area contributed by atoms with Gasteiger partial charge in [0.15, 0.2) is 5.69 Å². The van der Waals surface area contributed by atoms with E-state index in [9.17, 15) is 5.11 Å². The van der Waals surface area contributed by atoms with Gasteiger partial charge in [0.25, 0.3) is 0 Å². The Labute approximate surface area is 133 Å². The van der Waals surface area contributed by atoms with E-state index in [0.717, 1.165) is 16.5 Å². The van der Waals surface area contributed by atoms with Gasteiger partial charge >= 0.3 is 0 Å². The molecule has 22 heavy (non-hydrogen) atoms. The van der Waals surface area contributed by atoms with Gasteiger partial charge in [0.05, 0.1) is 10.5 Å². The first-order chi connectivity index (χ1) is 10.6. The lowest BCUT2D eigenvalue weighted by Gasteiger charge is -2.01. The molecule has 1 aromatic heterocycles. The fourth-order valence-corrected chi connectivity index (χ4v) is 2.67. The molecule has 0 fully saturated rings. The molecule has 0 amide bonds. The summed E-state index contributed by atoms with van der Waals surface area (Å²) < 4.78 is 1.82. The zero-order valence-electron chi connectivity index (χ0n) is 12.4. The maximum Gasteiger partial charge on any atom is 0.220 e. The predicted octanol–water partition coefficient (Wildman–Crippen LogP) is 5.74. The standard InChI is InChI=1S/C17H16ClN3O/c1-3-21-15-9-8-11(2)10-12(15)16(17(21)22)20-19-14-7-5-4-6-13(14)18/h4-10,22H,3H2,1-2H3. The molecule has 2 aromatic carbocycles. The van der Waals surface area contributed by atoms with Crippen LogP contribution in [0.4, 0.5) is 11.4 Å². The summed E-state index contributed by atoms with van der Waals surface area (Å²) in [6.45, 7) is 4.65. The first-order valence-corrected chi connectivity index (χ1v) is 7.47. The van der Waals surface area contributed by atoms with Crippen molar-refractivity contribution in [3.05, 3.63) is 53.1 Å². The molecule has 0 bridgehead atoms. The van der Waals surface area contributed by atoms with Crippen LogP contribution in [0.1, 0.15) is 12.5 Å². The monoisotopic (exact) mass is 313 g/mol. The van der Waals surface area contributed by atoms with Crippen molar-refractivity contribution in [2.75, 3.05) is 0 Å². The molecule has 0 aliphatic rings. The van der Waals surface area contributed by atoms with Gasteiger partial charge in [-0.2, -0.15) is 0 Å². The van der Waals surface area contributed by atoms with Crippen LogP contribution in [0, 0.1) is 6.92 Å². The quantitative estimate of drug-likeness (QED) is 0.615. The van der Waals surface area contributed by atoms with Gasteiger partial charge in [0, 0.05) is 11.9 Å². The number of hydrogen-bond acceptors (Lipinski definition) is 3. The minimum Gasteiger partial charge on any atom is -0.493 e. The third-order valence-electron chi connectivity index (χ3n) is 3.59.